The number of carbonyl (C=O) groups excluding carboxylic acids is 2. The second-order valence-corrected chi connectivity index (χ2v) is 7.65. The number of para-hydroxylation sites is 1. The van der Waals surface area contributed by atoms with Crippen molar-refractivity contribution in [1.29, 1.82) is 0 Å². The highest BCUT2D eigenvalue weighted by molar-refractivity contribution is 6.32. The fourth-order valence-electron chi connectivity index (χ4n) is 3.73. The maximum Gasteiger partial charge on any atom is 0.263 e. The molecule has 2 amide bonds. The van der Waals surface area contributed by atoms with Crippen molar-refractivity contribution in [2.75, 3.05) is 11.5 Å². The number of fused-ring (bicyclic) bond motifs is 1. The largest absolute Gasteiger partial charge is 0.493 e. The predicted octanol–water partition coefficient (Wildman–Crippen LogP) is 3.42. The molecular weight excluding hydrogens is 455 g/mol. The molecule has 5 rings (SSSR count). The standard InChI is InChI=1S/C21H16ClFN6O4/c1-2-32-15-6-4-3-5-12(15)19-24-16(33-26-19)10-28-18-17(25-27-28)20(30)29(21(18)31)11-7-8-14(23)13(22)9-11/h3-9,17-18H,2,10H2,1H3/t17-,18-/m1/s1. The van der Waals surface area contributed by atoms with Gasteiger partial charge in [0.15, 0.2) is 12.1 Å². The van der Waals surface area contributed by atoms with Crippen molar-refractivity contribution in [1.82, 2.24) is 15.1 Å². The molecule has 2 aliphatic heterocycles. The van der Waals surface area contributed by atoms with E-state index < -0.39 is 29.7 Å². The van der Waals surface area contributed by atoms with Crippen molar-refractivity contribution in [2.24, 2.45) is 10.3 Å². The average molecular weight is 471 g/mol. The number of hydrogen-bond acceptors (Lipinski definition) is 9. The summed E-state index contributed by atoms with van der Waals surface area (Å²) in [5.41, 5.74) is 0.815. The number of halogens is 2. The van der Waals surface area contributed by atoms with Crippen molar-refractivity contribution >= 4 is 29.1 Å². The first-order valence-electron chi connectivity index (χ1n) is 10.0. The van der Waals surface area contributed by atoms with Gasteiger partial charge in [-0.05, 0) is 37.3 Å². The van der Waals surface area contributed by atoms with Crippen LogP contribution in [0.4, 0.5) is 10.1 Å². The third-order valence-electron chi connectivity index (χ3n) is 5.21. The highest BCUT2D eigenvalue weighted by Crippen LogP contribution is 2.34. The van der Waals surface area contributed by atoms with Gasteiger partial charge in [-0.1, -0.05) is 34.1 Å². The predicted molar refractivity (Wildman–Crippen MR) is 113 cm³/mol. The van der Waals surface area contributed by atoms with E-state index >= 15 is 0 Å². The van der Waals surface area contributed by atoms with E-state index in [1.807, 2.05) is 19.1 Å². The van der Waals surface area contributed by atoms with Crippen LogP contribution in [0.3, 0.4) is 0 Å². The zero-order valence-corrected chi connectivity index (χ0v) is 17.9. The van der Waals surface area contributed by atoms with Crippen LogP contribution in [-0.2, 0) is 16.1 Å². The van der Waals surface area contributed by atoms with Crippen LogP contribution < -0.4 is 9.64 Å². The van der Waals surface area contributed by atoms with Gasteiger partial charge in [0.1, 0.15) is 18.1 Å². The number of hydrogen-bond donors (Lipinski definition) is 0. The Morgan fingerprint density at radius 3 is 2.79 bits per heavy atom. The molecule has 0 aliphatic carbocycles. The molecule has 0 radical (unpaired) electrons. The minimum absolute atomic E-state index is 0.0362. The van der Waals surface area contributed by atoms with E-state index in [4.69, 9.17) is 20.9 Å². The van der Waals surface area contributed by atoms with Crippen LogP contribution in [0.5, 0.6) is 5.75 Å². The van der Waals surface area contributed by atoms with Crippen molar-refractivity contribution in [3.05, 3.63) is 59.2 Å². The molecule has 1 saturated heterocycles. The van der Waals surface area contributed by atoms with Crippen LogP contribution in [0, 0.1) is 5.82 Å². The van der Waals surface area contributed by atoms with Gasteiger partial charge in [0.05, 0.1) is 22.9 Å². The van der Waals surface area contributed by atoms with Crippen molar-refractivity contribution in [3.8, 4) is 17.1 Å². The molecule has 1 fully saturated rings. The van der Waals surface area contributed by atoms with E-state index in [1.165, 1.54) is 17.1 Å². The quantitative estimate of drug-likeness (QED) is 0.507. The Balaban J connectivity index is 1.37. The molecule has 3 aromatic rings. The zero-order valence-electron chi connectivity index (χ0n) is 17.2. The number of aromatic nitrogens is 2. The normalized spacial score (nSPS) is 19.5. The molecule has 2 aromatic carbocycles. The van der Waals surface area contributed by atoms with Crippen LogP contribution >= 0.6 is 11.6 Å². The molecule has 10 nitrogen and oxygen atoms in total. The second-order valence-electron chi connectivity index (χ2n) is 7.24. The first-order valence-corrected chi connectivity index (χ1v) is 10.4. The van der Waals surface area contributed by atoms with E-state index in [0.717, 1.165) is 11.0 Å². The fraction of sp³-hybridized carbons (Fsp3) is 0.238. The number of carbonyl (C=O) groups is 2. The molecule has 0 unspecified atom stereocenters. The van der Waals surface area contributed by atoms with E-state index in [-0.39, 0.29) is 23.1 Å². The number of nitrogens with zero attached hydrogens (tertiary/aromatic N) is 6. The van der Waals surface area contributed by atoms with Gasteiger partial charge < -0.3 is 9.26 Å². The smallest absolute Gasteiger partial charge is 0.263 e. The van der Waals surface area contributed by atoms with Gasteiger partial charge in [-0.2, -0.15) is 10.1 Å². The van der Waals surface area contributed by atoms with Gasteiger partial charge in [-0.3, -0.25) is 14.6 Å². The Kier molecular flexibility index (Phi) is 5.25. The van der Waals surface area contributed by atoms with Crippen molar-refractivity contribution < 1.29 is 23.2 Å². The van der Waals surface area contributed by atoms with Gasteiger partial charge in [-0.25, -0.2) is 9.29 Å². The lowest BCUT2D eigenvalue weighted by Gasteiger charge is -2.19. The Hall–Kier alpha value is -3.86. The lowest BCUT2D eigenvalue weighted by molar-refractivity contribution is -0.123. The van der Waals surface area contributed by atoms with Crippen molar-refractivity contribution in [2.45, 2.75) is 25.6 Å². The highest BCUT2D eigenvalue weighted by Gasteiger charge is 2.55. The van der Waals surface area contributed by atoms with E-state index in [9.17, 15) is 14.0 Å². The molecule has 1 aromatic heterocycles. The summed E-state index contributed by atoms with van der Waals surface area (Å²) in [4.78, 5) is 31.2. The maximum atomic E-state index is 13.5. The van der Waals surface area contributed by atoms with Crippen LogP contribution in [0.2, 0.25) is 5.02 Å². The average Bonchev–Trinajstić information content (AvgIpc) is 3.49. The van der Waals surface area contributed by atoms with Gasteiger partial charge in [0.25, 0.3) is 11.8 Å². The molecular formula is C21H16ClFN6O4. The van der Waals surface area contributed by atoms with Crippen LogP contribution in [0.1, 0.15) is 12.8 Å². The number of anilines is 1. The number of benzene rings is 2. The number of imide groups is 1. The monoisotopic (exact) mass is 470 g/mol. The Bertz CT molecular complexity index is 1280. The summed E-state index contributed by atoms with van der Waals surface area (Å²) in [5.74, 6) is -0.676. The number of ether oxygens (including phenoxy) is 1. The van der Waals surface area contributed by atoms with Crippen LogP contribution in [-0.4, -0.2) is 45.7 Å². The lowest BCUT2D eigenvalue weighted by Crippen LogP contribution is -2.39. The molecule has 0 saturated carbocycles. The minimum atomic E-state index is -1.03. The Morgan fingerprint density at radius 2 is 2.00 bits per heavy atom. The molecule has 12 heteroatoms. The first kappa shape index (κ1) is 21.0. The zero-order chi connectivity index (χ0) is 23.1. The molecule has 33 heavy (non-hydrogen) atoms. The SMILES string of the molecule is CCOc1ccccc1-c1noc(CN2N=N[C@H]3C(=O)N(c4ccc(F)c(Cl)c4)C(=O)[C@@H]32)n1. The van der Waals surface area contributed by atoms with E-state index in [2.05, 4.69) is 20.5 Å². The molecule has 2 aliphatic rings. The fourth-order valence-corrected chi connectivity index (χ4v) is 3.91. The Labute approximate surface area is 191 Å². The summed E-state index contributed by atoms with van der Waals surface area (Å²) in [7, 11) is 0. The topological polar surface area (TPSA) is 113 Å². The molecule has 0 spiro atoms. The Morgan fingerprint density at radius 1 is 1.18 bits per heavy atom. The first-order chi connectivity index (χ1) is 16.0. The van der Waals surface area contributed by atoms with Gasteiger partial charge >= 0.3 is 0 Å². The number of rotatable bonds is 6. The summed E-state index contributed by atoms with van der Waals surface area (Å²) < 4.78 is 24.5. The highest BCUT2D eigenvalue weighted by atomic mass is 35.5. The minimum Gasteiger partial charge on any atom is -0.493 e. The van der Waals surface area contributed by atoms with E-state index in [0.29, 0.717) is 23.7 Å². The third-order valence-corrected chi connectivity index (χ3v) is 5.50. The van der Waals surface area contributed by atoms with Crippen LogP contribution in [0.25, 0.3) is 11.4 Å². The van der Waals surface area contributed by atoms with Crippen molar-refractivity contribution in [3.63, 3.8) is 0 Å². The summed E-state index contributed by atoms with van der Waals surface area (Å²) in [5, 5.41) is 13.0. The molecule has 3 heterocycles. The molecule has 0 bridgehead atoms. The molecule has 168 valence electrons. The summed E-state index contributed by atoms with van der Waals surface area (Å²) in [6.45, 7) is 2.31. The summed E-state index contributed by atoms with van der Waals surface area (Å²) >= 11 is 5.81. The van der Waals surface area contributed by atoms with Gasteiger partial charge in [0.2, 0.25) is 11.7 Å². The third kappa shape index (κ3) is 3.59. The summed E-state index contributed by atoms with van der Waals surface area (Å²) in [6.07, 6.45) is 0. The number of amides is 2. The summed E-state index contributed by atoms with van der Waals surface area (Å²) in [6, 6.07) is 8.87. The van der Waals surface area contributed by atoms with Crippen LogP contribution in [0.15, 0.2) is 57.3 Å². The molecule has 0 N–H and O–H groups in total. The lowest BCUT2D eigenvalue weighted by atomic mass is 10.1. The maximum absolute atomic E-state index is 13.5. The molecule has 2 atom stereocenters. The van der Waals surface area contributed by atoms with E-state index in [1.54, 1.807) is 12.1 Å². The second kappa shape index (κ2) is 8.24. The van der Waals surface area contributed by atoms with Gasteiger partial charge in [-0.15, -0.1) is 0 Å². The van der Waals surface area contributed by atoms with Gasteiger partial charge in [0, 0.05) is 0 Å².